The third-order valence-electron chi connectivity index (χ3n) is 1.86. The van der Waals surface area contributed by atoms with Crippen LogP contribution in [0, 0.1) is 4.91 Å². The van der Waals surface area contributed by atoms with Crippen molar-refractivity contribution in [2.24, 2.45) is 5.29 Å². The van der Waals surface area contributed by atoms with Gasteiger partial charge in [-0.05, 0) is 12.8 Å². The van der Waals surface area contributed by atoms with Crippen LogP contribution in [-0.2, 0) is 4.79 Å². The van der Waals surface area contributed by atoms with Crippen LogP contribution in [0.15, 0.2) is 5.29 Å². The van der Waals surface area contributed by atoms with E-state index in [1.807, 2.05) is 0 Å². The van der Waals surface area contributed by atoms with Gasteiger partial charge in [-0.1, -0.05) is 0 Å². The molecule has 0 aromatic heterocycles. The van der Waals surface area contributed by atoms with Crippen molar-refractivity contribution in [2.45, 2.75) is 18.4 Å². The van der Waals surface area contributed by atoms with Crippen molar-refractivity contribution in [1.82, 2.24) is 5.01 Å². The molecule has 1 N–H and O–H groups in total. The van der Waals surface area contributed by atoms with Crippen LogP contribution in [0.5, 0.6) is 0 Å². The molecule has 0 aromatic carbocycles. The summed E-state index contributed by atoms with van der Waals surface area (Å²) in [5.41, 5.74) is -0.970. The molecule has 5 nitrogen and oxygen atoms in total. The number of carboxylic acids is 1. The van der Waals surface area contributed by atoms with Crippen molar-refractivity contribution in [3.8, 4) is 0 Å². The molecule has 0 bridgehead atoms. The van der Waals surface area contributed by atoms with Crippen molar-refractivity contribution in [1.29, 1.82) is 0 Å². The topological polar surface area (TPSA) is 70.0 Å². The molecular formula is C5H8N2O3. The van der Waals surface area contributed by atoms with E-state index < -0.39 is 11.5 Å². The Labute approximate surface area is 57.6 Å². The van der Waals surface area contributed by atoms with Gasteiger partial charge < -0.3 is 5.11 Å². The Hall–Kier alpha value is -1.13. The van der Waals surface area contributed by atoms with Crippen LogP contribution in [0.2, 0.25) is 0 Å². The lowest BCUT2D eigenvalue weighted by atomic mass is 10.3. The Morgan fingerprint density at radius 1 is 1.70 bits per heavy atom. The van der Waals surface area contributed by atoms with E-state index in [9.17, 15) is 9.70 Å². The van der Waals surface area contributed by atoms with Gasteiger partial charge in [0.05, 0.1) is 5.29 Å². The molecule has 1 aliphatic rings. The second-order valence-electron chi connectivity index (χ2n) is 2.44. The molecule has 0 amide bonds. The van der Waals surface area contributed by atoms with Gasteiger partial charge in [0.25, 0.3) is 0 Å². The zero-order valence-electron chi connectivity index (χ0n) is 5.57. The summed E-state index contributed by atoms with van der Waals surface area (Å²) in [5, 5.41) is 12.1. The van der Waals surface area contributed by atoms with Crippen LogP contribution in [0.3, 0.4) is 0 Å². The summed E-state index contributed by atoms with van der Waals surface area (Å²) in [4.78, 5) is 20.4. The summed E-state index contributed by atoms with van der Waals surface area (Å²) in [7, 11) is 1.38. The molecule has 0 heterocycles. The summed E-state index contributed by atoms with van der Waals surface area (Å²) in [6.45, 7) is 0. The fraction of sp³-hybridized carbons (Fsp3) is 0.800. The highest BCUT2D eigenvalue weighted by atomic mass is 16.4. The minimum absolute atomic E-state index is 0.518. The summed E-state index contributed by atoms with van der Waals surface area (Å²) >= 11 is 0. The predicted molar refractivity (Wildman–Crippen MR) is 33.2 cm³/mol. The van der Waals surface area contributed by atoms with Crippen LogP contribution >= 0.6 is 0 Å². The van der Waals surface area contributed by atoms with Gasteiger partial charge in [-0.25, -0.2) is 9.80 Å². The first-order valence-corrected chi connectivity index (χ1v) is 2.94. The SMILES string of the molecule is CN(N=O)C1(C(=O)O)CC1. The number of aliphatic carboxylic acids is 1. The second-order valence-corrected chi connectivity index (χ2v) is 2.44. The van der Waals surface area contributed by atoms with E-state index >= 15 is 0 Å². The van der Waals surface area contributed by atoms with Gasteiger partial charge in [-0.2, -0.15) is 0 Å². The van der Waals surface area contributed by atoms with E-state index in [1.54, 1.807) is 0 Å². The van der Waals surface area contributed by atoms with Gasteiger partial charge in [0.15, 0.2) is 5.54 Å². The maximum Gasteiger partial charge on any atom is 0.331 e. The number of carboxylic acid groups (broad SMARTS) is 1. The highest BCUT2D eigenvalue weighted by Crippen LogP contribution is 2.41. The van der Waals surface area contributed by atoms with Crippen molar-refractivity contribution in [2.75, 3.05) is 7.05 Å². The summed E-state index contributed by atoms with van der Waals surface area (Å²) in [6.07, 6.45) is 1.04. The standard InChI is InChI=1S/C5H8N2O3/c1-7(6-10)5(2-3-5)4(8)9/h2-3H2,1H3,(H,8,9). The molecule has 1 fully saturated rings. The van der Waals surface area contributed by atoms with E-state index in [-0.39, 0.29) is 0 Å². The molecule has 1 rings (SSSR count). The lowest BCUT2D eigenvalue weighted by Gasteiger charge is -2.15. The zero-order valence-corrected chi connectivity index (χ0v) is 5.57. The molecule has 5 heteroatoms. The van der Waals surface area contributed by atoms with Crippen LogP contribution in [0.25, 0.3) is 0 Å². The molecule has 0 unspecified atom stereocenters. The predicted octanol–water partition coefficient (Wildman–Crippen LogP) is 0.217. The molecular weight excluding hydrogens is 136 g/mol. The average Bonchev–Trinajstić information content (AvgIpc) is 2.65. The first-order valence-electron chi connectivity index (χ1n) is 2.94. The minimum Gasteiger partial charge on any atom is -0.479 e. The van der Waals surface area contributed by atoms with E-state index in [2.05, 4.69) is 5.29 Å². The largest absolute Gasteiger partial charge is 0.479 e. The van der Waals surface area contributed by atoms with Crippen molar-refractivity contribution in [3.63, 3.8) is 0 Å². The number of likely N-dealkylation sites (N-methyl/N-ethyl adjacent to an activating group) is 1. The van der Waals surface area contributed by atoms with Crippen LogP contribution < -0.4 is 0 Å². The van der Waals surface area contributed by atoms with E-state index in [0.717, 1.165) is 5.01 Å². The zero-order chi connectivity index (χ0) is 7.78. The smallest absolute Gasteiger partial charge is 0.331 e. The monoisotopic (exact) mass is 144 g/mol. The number of carbonyl (C=O) groups is 1. The fourth-order valence-corrected chi connectivity index (χ4v) is 0.872. The number of hydrogen-bond donors (Lipinski definition) is 1. The van der Waals surface area contributed by atoms with E-state index in [1.165, 1.54) is 7.05 Å². The molecule has 1 aliphatic carbocycles. The third kappa shape index (κ3) is 0.741. The molecule has 0 radical (unpaired) electrons. The third-order valence-corrected chi connectivity index (χ3v) is 1.86. The maximum atomic E-state index is 10.4. The highest BCUT2D eigenvalue weighted by Gasteiger charge is 2.55. The molecule has 0 aliphatic heterocycles. The average molecular weight is 144 g/mol. The minimum atomic E-state index is -0.970. The fourth-order valence-electron chi connectivity index (χ4n) is 0.872. The van der Waals surface area contributed by atoms with Gasteiger partial charge in [-0.3, -0.25) is 0 Å². The molecule has 0 atom stereocenters. The van der Waals surface area contributed by atoms with Gasteiger partial charge in [0, 0.05) is 7.05 Å². The quantitative estimate of drug-likeness (QED) is 0.454. The lowest BCUT2D eigenvalue weighted by molar-refractivity contribution is -0.144. The molecule has 0 aromatic rings. The normalized spacial score (nSPS) is 19.7. The molecule has 1 saturated carbocycles. The summed E-state index contributed by atoms with van der Waals surface area (Å²) < 4.78 is 0. The summed E-state index contributed by atoms with van der Waals surface area (Å²) in [6, 6.07) is 0. The number of nitrogens with zero attached hydrogens (tertiary/aromatic N) is 2. The van der Waals surface area contributed by atoms with Crippen LogP contribution in [-0.4, -0.2) is 28.7 Å². The molecule has 0 spiro atoms. The van der Waals surface area contributed by atoms with Crippen LogP contribution in [0.4, 0.5) is 0 Å². The van der Waals surface area contributed by atoms with Crippen molar-refractivity contribution < 1.29 is 9.90 Å². The second kappa shape index (κ2) is 1.93. The Kier molecular flexibility index (Phi) is 1.35. The Bertz CT molecular complexity index is 176. The first-order chi connectivity index (χ1) is 4.63. The van der Waals surface area contributed by atoms with Gasteiger partial charge >= 0.3 is 5.97 Å². The first kappa shape index (κ1) is 6.98. The van der Waals surface area contributed by atoms with Crippen LogP contribution in [0.1, 0.15) is 12.8 Å². The maximum absolute atomic E-state index is 10.4. The Balaban J connectivity index is 2.68. The molecule has 56 valence electrons. The molecule has 0 saturated heterocycles. The number of rotatable bonds is 3. The van der Waals surface area contributed by atoms with E-state index in [0.29, 0.717) is 12.8 Å². The lowest BCUT2D eigenvalue weighted by Crippen LogP contribution is -2.36. The number of nitroso groups, excluding NO2 is 1. The highest BCUT2D eigenvalue weighted by molar-refractivity contribution is 5.82. The number of hydrogen-bond acceptors (Lipinski definition) is 3. The van der Waals surface area contributed by atoms with Gasteiger partial charge in [-0.15, -0.1) is 4.91 Å². The Morgan fingerprint density at radius 3 is 2.30 bits per heavy atom. The Morgan fingerprint density at radius 2 is 2.20 bits per heavy atom. The van der Waals surface area contributed by atoms with Crippen molar-refractivity contribution in [3.05, 3.63) is 4.91 Å². The molecule has 10 heavy (non-hydrogen) atoms. The van der Waals surface area contributed by atoms with Gasteiger partial charge in [0.1, 0.15) is 0 Å². The van der Waals surface area contributed by atoms with Gasteiger partial charge in [0.2, 0.25) is 0 Å². The summed E-state index contributed by atoms with van der Waals surface area (Å²) in [5.74, 6) is -0.963. The van der Waals surface area contributed by atoms with Crippen molar-refractivity contribution >= 4 is 5.97 Å². The van der Waals surface area contributed by atoms with E-state index in [4.69, 9.17) is 5.11 Å².